The van der Waals surface area contributed by atoms with Gasteiger partial charge in [0.25, 0.3) is 0 Å². The molecule has 12 heavy (non-hydrogen) atoms. The third-order valence-corrected chi connectivity index (χ3v) is 2.12. The molecule has 0 fully saturated rings. The van der Waals surface area contributed by atoms with Crippen LogP contribution in [0.4, 0.5) is 0 Å². The van der Waals surface area contributed by atoms with Crippen LogP contribution in [-0.4, -0.2) is 0 Å². The van der Waals surface area contributed by atoms with Crippen molar-refractivity contribution in [3.63, 3.8) is 0 Å². The van der Waals surface area contributed by atoms with Gasteiger partial charge in [0.2, 0.25) is 0 Å². The molecule has 0 heterocycles. The predicted molar refractivity (Wildman–Crippen MR) is 51.3 cm³/mol. The van der Waals surface area contributed by atoms with Crippen LogP contribution in [0, 0.1) is 11.5 Å². The Hall–Kier alpha value is -1.01. The summed E-state index contributed by atoms with van der Waals surface area (Å²) in [7, 11) is 0. The molecule has 0 aliphatic carbocycles. The number of benzene rings is 1. The van der Waals surface area contributed by atoms with E-state index in [1.165, 1.54) is 0 Å². The highest BCUT2D eigenvalue weighted by molar-refractivity contribution is 9.10. The third-order valence-electron chi connectivity index (χ3n) is 1.63. The largest absolute Gasteiger partial charge is 0.317 e. The van der Waals surface area contributed by atoms with Gasteiger partial charge < -0.3 is 5.32 Å². The Morgan fingerprint density at radius 1 is 1.58 bits per heavy atom. The topological polar surface area (TPSA) is 35.8 Å². The Morgan fingerprint density at radius 3 is 2.92 bits per heavy atom. The highest BCUT2D eigenvalue weighted by Crippen LogP contribution is 2.17. The van der Waals surface area contributed by atoms with Crippen LogP contribution < -0.4 is 5.32 Å². The van der Waals surface area contributed by atoms with E-state index < -0.39 is 0 Å². The zero-order chi connectivity index (χ0) is 8.97. The average molecular weight is 225 g/mol. The van der Waals surface area contributed by atoms with Gasteiger partial charge in [-0.25, -0.2) is 0 Å². The molecule has 1 rings (SSSR count). The third kappa shape index (κ3) is 2.24. The molecular weight excluding hydrogens is 216 g/mol. The summed E-state index contributed by atoms with van der Waals surface area (Å²) >= 11 is 3.37. The fraction of sp³-hybridized carbons (Fsp3) is 0.222. The summed E-state index contributed by atoms with van der Waals surface area (Å²) in [6, 6.07) is 7.97. The second-order valence-corrected chi connectivity index (χ2v) is 3.45. The van der Waals surface area contributed by atoms with Crippen LogP contribution in [0.1, 0.15) is 18.5 Å². The first-order valence-electron chi connectivity index (χ1n) is 3.64. The molecule has 0 amide bonds. The van der Waals surface area contributed by atoms with Gasteiger partial charge in [-0.05, 0) is 24.6 Å². The highest BCUT2D eigenvalue weighted by Gasteiger charge is 2.02. The first kappa shape index (κ1) is 9.08. The molecule has 0 aliphatic rings. The van der Waals surface area contributed by atoms with Crippen LogP contribution in [0.5, 0.6) is 0 Å². The van der Waals surface area contributed by atoms with E-state index in [0.717, 1.165) is 10.0 Å². The maximum absolute atomic E-state index is 8.39. The standard InChI is InChI=1S/C9H9BrN2/c1-7(12-6-11)8-3-2-4-9(10)5-8/h2-5,7,12H,1H3/t7-/m0/s1. The molecule has 0 bridgehead atoms. The minimum absolute atomic E-state index is 0.0764. The van der Waals surface area contributed by atoms with Gasteiger partial charge in [-0.3, -0.25) is 0 Å². The molecule has 0 unspecified atom stereocenters. The maximum Gasteiger partial charge on any atom is 0.177 e. The van der Waals surface area contributed by atoms with E-state index in [1.807, 2.05) is 37.4 Å². The molecule has 0 aliphatic heterocycles. The number of nitriles is 1. The lowest BCUT2D eigenvalue weighted by molar-refractivity contribution is 0.697. The van der Waals surface area contributed by atoms with Gasteiger partial charge in [0.1, 0.15) is 0 Å². The van der Waals surface area contributed by atoms with Crippen molar-refractivity contribution in [2.45, 2.75) is 13.0 Å². The van der Waals surface area contributed by atoms with Gasteiger partial charge in [-0.2, -0.15) is 5.26 Å². The molecule has 0 saturated heterocycles. The monoisotopic (exact) mass is 224 g/mol. The molecule has 0 saturated carbocycles. The van der Waals surface area contributed by atoms with Crippen molar-refractivity contribution in [3.05, 3.63) is 34.3 Å². The van der Waals surface area contributed by atoms with Crippen LogP contribution >= 0.6 is 15.9 Å². The Balaban J connectivity index is 2.82. The van der Waals surface area contributed by atoms with Gasteiger partial charge in [-0.15, -0.1) is 0 Å². The second-order valence-electron chi connectivity index (χ2n) is 2.53. The van der Waals surface area contributed by atoms with Gasteiger partial charge in [0, 0.05) is 4.47 Å². The molecule has 3 heteroatoms. The molecular formula is C9H9BrN2. The first-order valence-corrected chi connectivity index (χ1v) is 4.43. The fourth-order valence-corrected chi connectivity index (χ4v) is 1.37. The van der Waals surface area contributed by atoms with Crippen molar-refractivity contribution in [2.75, 3.05) is 0 Å². The summed E-state index contributed by atoms with van der Waals surface area (Å²) in [5, 5.41) is 11.1. The molecule has 0 radical (unpaired) electrons. The Morgan fingerprint density at radius 2 is 2.33 bits per heavy atom. The number of nitrogens with one attached hydrogen (secondary N) is 1. The van der Waals surface area contributed by atoms with Gasteiger partial charge in [-0.1, -0.05) is 28.1 Å². The lowest BCUT2D eigenvalue weighted by atomic mass is 10.1. The van der Waals surface area contributed by atoms with E-state index in [9.17, 15) is 0 Å². The summed E-state index contributed by atoms with van der Waals surface area (Å²) < 4.78 is 1.03. The summed E-state index contributed by atoms with van der Waals surface area (Å²) in [4.78, 5) is 0. The number of hydrogen-bond acceptors (Lipinski definition) is 2. The summed E-state index contributed by atoms with van der Waals surface area (Å²) in [5.74, 6) is 0. The van der Waals surface area contributed by atoms with Crippen LogP contribution in [0.25, 0.3) is 0 Å². The predicted octanol–water partition coefficient (Wildman–Crippen LogP) is 2.58. The van der Waals surface area contributed by atoms with Crippen molar-refractivity contribution in [3.8, 4) is 6.19 Å². The molecule has 2 nitrogen and oxygen atoms in total. The number of rotatable bonds is 2. The van der Waals surface area contributed by atoms with Crippen molar-refractivity contribution in [1.82, 2.24) is 5.32 Å². The van der Waals surface area contributed by atoms with Crippen molar-refractivity contribution in [1.29, 1.82) is 5.26 Å². The quantitative estimate of drug-likeness (QED) is 0.620. The van der Waals surface area contributed by atoms with E-state index in [4.69, 9.17) is 5.26 Å². The van der Waals surface area contributed by atoms with Crippen molar-refractivity contribution < 1.29 is 0 Å². The maximum atomic E-state index is 8.39. The average Bonchev–Trinajstić information content (AvgIpc) is 2.05. The lowest BCUT2D eigenvalue weighted by Gasteiger charge is -2.08. The minimum Gasteiger partial charge on any atom is -0.317 e. The van der Waals surface area contributed by atoms with Gasteiger partial charge in [0.05, 0.1) is 6.04 Å². The lowest BCUT2D eigenvalue weighted by Crippen LogP contribution is -2.11. The molecule has 1 aromatic rings. The minimum atomic E-state index is 0.0764. The summed E-state index contributed by atoms with van der Waals surface area (Å²) in [6.07, 6.45) is 1.92. The van der Waals surface area contributed by atoms with Crippen LogP contribution in [0.15, 0.2) is 28.7 Å². The Labute approximate surface area is 80.3 Å². The van der Waals surface area contributed by atoms with E-state index in [0.29, 0.717) is 0 Å². The smallest absolute Gasteiger partial charge is 0.177 e. The fourth-order valence-electron chi connectivity index (χ4n) is 0.956. The van der Waals surface area contributed by atoms with Crippen LogP contribution in [0.2, 0.25) is 0 Å². The first-order chi connectivity index (χ1) is 5.74. The highest BCUT2D eigenvalue weighted by atomic mass is 79.9. The Bertz CT molecular complexity index is 304. The van der Waals surface area contributed by atoms with E-state index >= 15 is 0 Å². The zero-order valence-corrected chi connectivity index (χ0v) is 8.30. The Kier molecular flexibility index (Phi) is 3.12. The molecule has 62 valence electrons. The molecule has 1 aromatic carbocycles. The second kappa shape index (κ2) is 4.13. The molecule has 0 aromatic heterocycles. The number of halogens is 1. The SMILES string of the molecule is C[C@H](NC#N)c1cccc(Br)c1. The van der Waals surface area contributed by atoms with E-state index in [-0.39, 0.29) is 6.04 Å². The molecule has 1 atom stereocenters. The van der Waals surface area contributed by atoms with Crippen molar-refractivity contribution >= 4 is 15.9 Å². The van der Waals surface area contributed by atoms with Gasteiger partial charge in [0.15, 0.2) is 6.19 Å². The molecule has 1 N–H and O–H groups in total. The zero-order valence-electron chi connectivity index (χ0n) is 6.71. The summed E-state index contributed by atoms with van der Waals surface area (Å²) in [6.45, 7) is 1.95. The van der Waals surface area contributed by atoms with Crippen LogP contribution in [0.3, 0.4) is 0 Å². The van der Waals surface area contributed by atoms with Crippen molar-refractivity contribution in [2.24, 2.45) is 0 Å². The number of nitrogens with zero attached hydrogens (tertiary/aromatic N) is 1. The number of hydrogen-bond donors (Lipinski definition) is 1. The van der Waals surface area contributed by atoms with E-state index in [2.05, 4.69) is 21.2 Å². The normalized spacial score (nSPS) is 11.8. The van der Waals surface area contributed by atoms with Gasteiger partial charge >= 0.3 is 0 Å². The summed E-state index contributed by atoms with van der Waals surface area (Å²) in [5.41, 5.74) is 1.10. The molecule has 0 spiro atoms. The van der Waals surface area contributed by atoms with Crippen LogP contribution in [-0.2, 0) is 0 Å². The van der Waals surface area contributed by atoms with E-state index in [1.54, 1.807) is 0 Å².